The monoisotopic (exact) mass is 509 g/mol. The molecule has 2 amide bonds. The molecule has 0 aliphatic carbocycles. The maximum absolute atomic E-state index is 13.4. The summed E-state index contributed by atoms with van der Waals surface area (Å²) in [7, 11) is 0. The predicted octanol–water partition coefficient (Wildman–Crippen LogP) is 4.21. The molecule has 7 nitrogen and oxygen atoms in total. The van der Waals surface area contributed by atoms with Gasteiger partial charge in [-0.1, -0.05) is 24.2 Å². The lowest BCUT2D eigenvalue weighted by molar-refractivity contribution is -0.132. The maximum atomic E-state index is 13.4. The van der Waals surface area contributed by atoms with Crippen LogP contribution in [0.5, 0.6) is 0 Å². The van der Waals surface area contributed by atoms with Gasteiger partial charge in [0, 0.05) is 66.8 Å². The summed E-state index contributed by atoms with van der Waals surface area (Å²) in [5, 5.41) is 0.701. The number of carbonyl (C=O) groups is 2. The average molecular weight is 510 g/mol. The van der Waals surface area contributed by atoms with Gasteiger partial charge >= 0.3 is 0 Å². The van der Waals surface area contributed by atoms with Gasteiger partial charge in [0.05, 0.1) is 12.0 Å². The minimum Gasteiger partial charge on any atom is -0.368 e. The zero-order chi connectivity index (χ0) is 25.2. The number of hydrogen-bond acceptors (Lipinski definition) is 5. The van der Waals surface area contributed by atoms with Gasteiger partial charge in [0.2, 0.25) is 5.91 Å². The Labute approximate surface area is 215 Å². The normalized spacial score (nSPS) is 18.4. The van der Waals surface area contributed by atoms with E-state index in [0.717, 1.165) is 24.3 Å². The Bertz CT molecular complexity index is 1200. The van der Waals surface area contributed by atoms with Crippen LogP contribution in [0.3, 0.4) is 0 Å². The molecule has 3 aliphatic rings. The topological polar surface area (TPSA) is 59.5 Å². The first-order valence-corrected chi connectivity index (χ1v) is 12.6. The van der Waals surface area contributed by atoms with Crippen LogP contribution in [-0.2, 0) is 4.79 Å². The molecule has 0 aromatic heterocycles. The fourth-order valence-electron chi connectivity index (χ4n) is 4.87. The van der Waals surface area contributed by atoms with Crippen molar-refractivity contribution in [2.24, 2.45) is 4.99 Å². The Hall–Kier alpha value is -3.39. The lowest BCUT2D eigenvalue weighted by atomic mass is 10.0. The number of aliphatic imine (C=N–C) groups is 1. The number of hydrogen-bond donors (Lipinski definition) is 0. The Morgan fingerprint density at radius 2 is 1.75 bits per heavy atom. The van der Waals surface area contributed by atoms with Crippen LogP contribution in [-0.4, -0.2) is 84.8 Å². The molecule has 0 unspecified atom stereocenters. The van der Waals surface area contributed by atoms with Crippen molar-refractivity contribution < 1.29 is 14.0 Å². The predicted molar refractivity (Wildman–Crippen MR) is 141 cm³/mol. The van der Waals surface area contributed by atoms with E-state index in [4.69, 9.17) is 11.6 Å². The lowest BCUT2D eigenvalue weighted by Crippen LogP contribution is -2.48. The molecule has 5 rings (SSSR count). The van der Waals surface area contributed by atoms with E-state index in [1.54, 1.807) is 28.3 Å². The molecule has 3 aliphatic heterocycles. The van der Waals surface area contributed by atoms with Crippen molar-refractivity contribution in [1.82, 2.24) is 14.7 Å². The van der Waals surface area contributed by atoms with Gasteiger partial charge in [0.25, 0.3) is 5.91 Å². The molecule has 0 atom stereocenters. The third-order valence-electron chi connectivity index (χ3n) is 7.06. The van der Waals surface area contributed by atoms with Gasteiger partial charge in [-0.15, -0.1) is 0 Å². The SMILES string of the molecule is C=C1c2ccc(C(=O)N3CCN(c4cccc(Cl)c4)CC3)cc2N=CN1CC(=O)N1CCC(F)CC1. The second-order valence-corrected chi connectivity index (χ2v) is 9.80. The maximum Gasteiger partial charge on any atom is 0.254 e. The van der Waals surface area contributed by atoms with Crippen molar-refractivity contribution in [2.75, 3.05) is 50.7 Å². The van der Waals surface area contributed by atoms with Crippen LogP contribution in [0, 0.1) is 0 Å². The summed E-state index contributed by atoms with van der Waals surface area (Å²) in [5.41, 5.74) is 3.74. The Morgan fingerprint density at radius 3 is 2.47 bits per heavy atom. The zero-order valence-corrected chi connectivity index (χ0v) is 20.8. The molecule has 36 heavy (non-hydrogen) atoms. The number of halogens is 2. The summed E-state index contributed by atoms with van der Waals surface area (Å²) in [6.07, 6.45) is 1.53. The van der Waals surface area contributed by atoms with Crippen LogP contribution < -0.4 is 4.90 Å². The van der Waals surface area contributed by atoms with Gasteiger partial charge in [-0.25, -0.2) is 9.38 Å². The number of nitrogens with zero attached hydrogens (tertiary/aromatic N) is 5. The Balaban J connectivity index is 1.21. The van der Waals surface area contributed by atoms with Crippen molar-refractivity contribution in [3.8, 4) is 0 Å². The third kappa shape index (κ3) is 5.09. The number of piperidine rings is 1. The molecule has 9 heteroatoms. The highest BCUT2D eigenvalue weighted by Gasteiger charge is 2.27. The number of anilines is 1. The average Bonchev–Trinajstić information content (AvgIpc) is 2.90. The first kappa shape index (κ1) is 24.3. The fraction of sp³-hybridized carbons (Fsp3) is 0.370. The molecule has 0 bridgehead atoms. The van der Waals surface area contributed by atoms with E-state index in [9.17, 15) is 14.0 Å². The smallest absolute Gasteiger partial charge is 0.254 e. The lowest BCUT2D eigenvalue weighted by Gasteiger charge is -2.36. The van der Waals surface area contributed by atoms with Gasteiger partial charge < -0.3 is 19.6 Å². The standard InChI is InChI=1S/C27H29ClFN5O2/c1-19-24-6-5-20(27(36)33-13-11-31(12-14-33)23-4-2-3-21(28)16-23)15-25(24)30-18-34(19)17-26(35)32-9-7-22(29)8-10-32/h2-6,15-16,18,22H,1,7-14,17H2. The molecular formula is C27H29ClFN5O2. The molecule has 0 spiro atoms. The summed E-state index contributed by atoms with van der Waals surface area (Å²) in [6.45, 7) is 7.84. The van der Waals surface area contributed by atoms with Crippen molar-refractivity contribution >= 4 is 46.8 Å². The largest absolute Gasteiger partial charge is 0.368 e. The number of likely N-dealkylation sites (tertiary alicyclic amines) is 1. The minimum atomic E-state index is -0.823. The fourth-order valence-corrected chi connectivity index (χ4v) is 5.06. The number of amides is 2. The molecule has 2 fully saturated rings. The number of rotatable bonds is 4. The van der Waals surface area contributed by atoms with Crippen molar-refractivity contribution in [1.29, 1.82) is 0 Å². The molecule has 2 saturated heterocycles. The van der Waals surface area contributed by atoms with Crippen LogP contribution in [0.4, 0.5) is 15.8 Å². The number of fused-ring (bicyclic) bond motifs is 1. The van der Waals surface area contributed by atoms with Crippen LogP contribution in [0.15, 0.2) is 54.0 Å². The van der Waals surface area contributed by atoms with Gasteiger partial charge in [-0.05, 0) is 49.2 Å². The van der Waals surface area contributed by atoms with E-state index in [0.29, 0.717) is 61.0 Å². The second-order valence-electron chi connectivity index (χ2n) is 9.37. The first-order chi connectivity index (χ1) is 17.4. The second kappa shape index (κ2) is 10.3. The number of benzene rings is 2. The summed E-state index contributed by atoms with van der Waals surface area (Å²) in [6, 6.07) is 13.2. The zero-order valence-electron chi connectivity index (χ0n) is 20.1. The van der Waals surface area contributed by atoms with E-state index in [1.807, 2.05) is 35.2 Å². The Morgan fingerprint density at radius 1 is 1.00 bits per heavy atom. The van der Waals surface area contributed by atoms with Crippen molar-refractivity contribution in [3.63, 3.8) is 0 Å². The molecule has 0 saturated carbocycles. The van der Waals surface area contributed by atoms with E-state index >= 15 is 0 Å². The van der Waals surface area contributed by atoms with Crippen LogP contribution >= 0.6 is 11.6 Å². The number of alkyl halides is 1. The van der Waals surface area contributed by atoms with E-state index in [2.05, 4.69) is 16.5 Å². The first-order valence-electron chi connectivity index (χ1n) is 12.2. The molecule has 2 aromatic carbocycles. The van der Waals surface area contributed by atoms with Gasteiger partial charge in [-0.2, -0.15) is 0 Å². The molecule has 2 aromatic rings. The molecule has 0 radical (unpaired) electrons. The summed E-state index contributed by atoms with van der Waals surface area (Å²) in [5.74, 6) is -0.0973. The third-order valence-corrected chi connectivity index (χ3v) is 7.30. The summed E-state index contributed by atoms with van der Waals surface area (Å²) in [4.78, 5) is 37.9. The van der Waals surface area contributed by atoms with Crippen molar-refractivity contribution in [2.45, 2.75) is 19.0 Å². The number of carbonyl (C=O) groups excluding carboxylic acids is 2. The number of piperazine rings is 1. The summed E-state index contributed by atoms with van der Waals surface area (Å²) < 4.78 is 13.4. The highest BCUT2D eigenvalue weighted by atomic mass is 35.5. The van der Waals surface area contributed by atoms with Crippen LogP contribution in [0.25, 0.3) is 5.70 Å². The molecule has 188 valence electrons. The molecule has 3 heterocycles. The highest BCUT2D eigenvalue weighted by molar-refractivity contribution is 6.30. The van der Waals surface area contributed by atoms with Crippen molar-refractivity contribution in [3.05, 3.63) is 65.2 Å². The van der Waals surface area contributed by atoms with E-state index < -0.39 is 6.17 Å². The van der Waals surface area contributed by atoms with Gasteiger partial charge in [0.1, 0.15) is 12.7 Å². The summed E-state index contributed by atoms with van der Waals surface area (Å²) >= 11 is 6.12. The highest BCUT2D eigenvalue weighted by Crippen LogP contribution is 2.32. The molecule has 0 N–H and O–H groups in total. The van der Waals surface area contributed by atoms with Crippen LogP contribution in [0.1, 0.15) is 28.8 Å². The van der Waals surface area contributed by atoms with Gasteiger partial charge in [0.15, 0.2) is 0 Å². The van der Waals surface area contributed by atoms with E-state index in [1.165, 1.54) is 0 Å². The molecular weight excluding hydrogens is 481 g/mol. The Kier molecular flexibility index (Phi) is 6.96. The minimum absolute atomic E-state index is 0.0294. The van der Waals surface area contributed by atoms with E-state index in [-0.39, 0.29) is 18.4 Å². The van der Waals surface area contributed by atoms with Gasteiger partial charge in [-0.3, -0.25) is 9.59 Å². The quantitative estimate of drug-likeness (QED) is 0.619. The van der Waals surface area contributed by atoms with Crippen LogP contribution in [0.2, 0.25) is 5.02 Å².